The first-order valence-electron chi connectivity index (χ1n) is 13.9. The van der Waals surface area contributed by atoms with E-state index < -0.39 is 0 Å². The Morgan fingerprint density at radius 3 is 2.44 bits per heavy atom. The summed E-state index contributed by atoms with van der Waals surface area (Å²) >= 11 is 0. The van der Waals surface area contributed by atoms with Gasteiger partial charge < -0.3 is 24.1 Å². The van der Waals surface area contributed by atoms with Crippen molar-refractivity contribution in [3.8, 4) is 11.7 Å². The number of anilines is 3. The van der Waals surface area contributed by atoms with Gasteiger partial charge in [0.25, 0.3) is 0 Å². The maximum atomic E-state index is 13.7. The minimum atomic E-state index is -0.316. The molecule has 0 bridgehead atoms. The van der Waals surface area contributed by atoms with Crippen molar-refractivity contribution in [3.63, 3.8) is 0 Å². The zero-order chi connectivity index (χ0) is 27.4. The largest absolute Gasteiger partial charge is 0.423 e. The van der Waals surface area contributed by atoms with Crippen LogP contribution in [-0.4, -0.2) is 60.8 Å². The number of aliphatic hydroxyl groups excluding tert-OH is 1. The molecule has 5 rings (SSSR count). The van der Waals surface area contributed by atoms with Crippen molar-refractivity contribution in [1.82, 2.24) is 9.97 Å². The number of ether oxygens (including phenoxy) is 1. The number of carbonyl (C=O) groups is 1. The standard InChI is InChI=1S/C30H39N5O4/c1-21-16-27(18-31-17-21)38-28-19-32-30(39-28)35(29(37)23-4-10-26(36)11-5-23)20-22-12-14-34(15-13-22)25-8-6-24(7-9-25)33(2)3/h6-9,16-19,22-23,26,36H,4-5,10-15,20H2,1-3H3. The Balaban J connectivity index is 1.27. The van der Waals surface area contributed by atoms with Crippen LogP contribution in [0.1, 0.15) is 44.1 Å². The number of oxazole rings is 1. The second-order valence-electron chi connectivity index (χ2n) is 11.1. The highest BCUT2D eigenvalue weighted by molar-refractivity contribution is 5.93. The summed E-state index contributed by atoms with van der Waals surface area (Å²) in [6, 6.07) is 10.8. The van der Waals surface area contributed by atoms with Gasteiger partial charge in [-0.2, -0.15) is 4.98 Å². The van der Waals surface area contributed by atoms with Gasteiger partial charge in [-0.05, 0) is 87.3 Å². The molecule has 0 spiro atoms. The number of piperidine rings is 1. The smallest absolute Gasteiger partial charge is 0.312 e. The topological polar surface area (TPSA) is 95.2 Å². The number of aromatic nitrogens is 2. The fourth-order valence-electron chi connectivity index (χ4n) is 5.52. The van der Waals surface area contributed by atoms with E-state index in [1.165, 1.54) is 17.6 Å². The summed E-state index contributed by atoms with van der Waals surface area (Å²) < 4.78 is 11.8. The van der Waals surface area contributed by atoms with Crippen LogP contribution in [0.5, 0.6) is 11.7 Å². The Hall–Kier alpha value is -3.59. The molecule has 0 radical (unpaired) electrons. The average Bonchev–Trinajstić information content (AvgIpc) is 3.40. The maximum Gasteiger partial charge on any atom is 0.312 e. The Bertz CT molecular complexity index is 1230. The quantitative estimate of drug-likeness (QED) is 0.431. The van der Waals surface area contributed by atoms with Crippen LogP contribution in [0.15, 0.2) is 53.3 Å². The normalized spacial score (nSPS) is 20.1. The Labute approximate surface area is 230 Å². The van der Waals surface area contributed by atoms with Gasteiger partial charge in [-0.3, -0.25) is 14.7 Å². The molecule has 9 nitrogen and oxygen atoms in total. The van der Waals surface area contributed by atoms with E-state index >= 15 is 0 Å². The summed E-state index contributed by atoms with van der Waals surface area (Å²) in [5.41, 5.74) is 3.39. The van der Waals surface area contributed by atoms with Crippen molar-refractivity contribution in [2.24, 2.45) is 11.8 Å². The zero-order valence-corrected chi connectivity index (χ0v) is 23.1. The fourth-order valence-corrected chi connectivity index (χ4v) is 5.52. The number of nitrogens with zero attached hydrogens (tertiary/aromatic N) is 5. The third kappa shape index (κ3) is 6.71. The summed E-state index contributed by atoms with van der Waals surface area (Å²) in [6.45, 7) is 4.36. The number of rotatable bonds is 8. The second kappa shape index (κ2) is 12.1. The van der Waals surface area contributed by atoms with Gasteiger partial charge in [0.1, 0.15) is 11.9 Å². The molecule has 1 N–H and O–H groups in total. The Morgan fingerprint density at radius 2 is 1.77 bits per heavy atom. The number of aliphatic hydroxyl groups is 1. The number of amides is 1. The molecule has 3 aromatic rings. The van der Waals surface area contributed by atoms with Crippen LogP contribution in [0.2, 0.25) is 0 Å². The maximum absolute atomic E-state index is 13.7. The molecular formula is C30H39N5O4. The molecule has 9 heteroatoms. The Morgan fingerprint density at radius 1 is 1.05 bits per heavy atom. The third-order valence-corrected chi connectivity index (χ3v) is 7.87. The van der Waals surface area contributed by atoms with E-state index in [1.807, 2.05) is 27.1 Å². The van der Waals surface area contributed by atoms with E-state index in [-0.39, 0.29) is 29.9 Å². The lowest BCUT2D eigenvalue weighted by molar-refractivity contribution is -0.124. The van der Waals surface area contributed by atoms with Crippen LogP contribution >= 0.6 is 0 Å². The predicted molar refractivity (Wildman–Crippen MR) is 152 cm³/mol. The van der Waals surface area contributed by atoms with Crippen molar-refractivity contribution in [3.05, 3.63) is 54.5 Å². The lowest BCUT2D eigenvalue weighted by Crippen LogP contribution is -2.44. The highest BCUT2D eigenvalue weighted by Gasteiger charge is 2.34. The van der Waals surface area contributed by atoms with Gasteiger partial charge in [0.15, 0.2) is 0 Å². The molecule has 0 unspecified atom stereocenters. The third-order valence-electron chi connectivity index (χ3n) is 7.87. The van der Waals surface area contributed by atoms with E-state index in [9.17, 15) is 9.90 Å². The number of hydrogen-bond donors (Lipinski definition) is 1. The summed E-state index contributed by atoms with van der Waals surface area (Å²) in [4.78, 5) is 28.6. The van der Waals surface area contributed by atoms with Gasteiger partial charge in [0, 0.05) is 57.2 Å². The van der Waals surface area contributed by atoms with Crippen LogP contribution in [0.3, 0.4) is 0 Å². The highest BCUT2D eigenvalue weighted by atomic mass is 16.6. The van der Waals surface area contributed by atoms with Crippen molar-refractivity contribution in [2.75, 3.05) is 48.4 Å². The molecule has 1 saturated carbocycles. The van der Waals surface area contributed by atoms with Crippen LogP contribution < -0.4 is 19.4 Å². The van der Waals surface area contributed by atoms with Gasteiger partial charge >= 0.3 is 12.0 Å². The fraction of sp³-hybridized carbons (Fsp3) is 0.500. The van der Waals surface area contributed by atoms with Crippen LogP contribution in [0.25, 0.3) is 0 Å². The molecule has 1 aliphatic heterocycles. The Kier molecular flexibility index (Phi) is 8.35. The summed E-state index contributed by atoms with van der Waals surface area (Å²) in [6.07, 6.45) is 9.17. The van der Waals surface area contributed by atoms with E-state index in [0.717, 1.165) is 31.5 Å². The zero-order valence-electron chi connectivity index (χ0n) is 23.1. The van der Waals surface area contributed by atoms with Crippen LogP contribution in [0, 0.1) is 18.8 Å². The first-order chi connectivity index (χ1) is 18.9. The monoisotopic (exact) mass is 533 g/mol. The van der Waals surface area contributed by atoms with Gasteiger partial charge in [-0.1, -0.05) is 0 Å². The van der Waals surface area contributed by atoms with Crippen molar-refractivity contribution in [1.29, 1.82) is 0 Å². The van der Waals surface area contributed by atoms with Crippen molar-refractivity contribution in [2.45, 2.75) is 51.6 Å². The SMILES string of the molecule is Cc1cncc(Oc2cnc(N(CC3CCN(c4ccc(N(C)C)cc4)CC3)C(=O)C3CCC(O)CC3)o2)c1. The molecule has 2 aliphatic rings. The second-order valence-corrected chi connectivity index (χ2v) is 11.1. The van der Waals surface area contributed by atoms with E-state index in [4.69, 9.17) is 9.15 Å². The predicted octanol–water partition coefficient (Wildman–Crippen LogP) is 5.04. The molecule has 0 atom stereocenters. The van der Waals surface area contributed by atoms with Gasteiger partial charge in [-0.15, -0.1) is 0 Å². The van der Waals surface area contributed by atoms with Crippen molar-refractivity contribution >= 4 is 23.3 Å². The van der Waals surface area contributed by atoms with E-state index in [2.05, 4.69) is 44.0 Å². The molecule has 2 fully saturated rings. The molecule has 1 amide bonds. The number of carbonyl (C=O) groups excluding carboxylic acids is 1. The first-order valence-corrected chi connectivity index (χ1v) is 13.9. The lowest BCUT2D eigenvalue weighted by atomic mass is 9.86. The summed E-state index contributed by atoms with van der Waals surface area (Å²) in [5, 5.41) is 9.96. The molecular weight excluding hydrogens is 494 g/mol. The molecule has 3 heterocycles. The lowest BCUT2D eigenvalue weighted by Gasteiger charge is -2.36. The van der Waals surface area contributed by atoms with Crippen molar-refractivity contribution < 1.29 is 19.1 Å². The number of benzene rings is 1. The van der Waals surface area contributed by atoms with E-state index in [0.29, 0.717) is 43.9 Å². The molecule has 1 saturated heterocycles. The molecule has 1 aromatic carbocycles. The number of aryl methyl sites for hydroxylation is 1. The van der Waals surface area contributed by atoms with Gasteiger partial charge in [0.05, 0.1) is 12.3 Å². The molecule has 39 heavy (non-hydrogen) atoms. The van der Waals surface area contributed by atoms with Crippen LogP contribution in [-0.2, 0) is 4.79 Å². The highest BCUT2D eigenvalue weighted by Crippen LogP contribution is 2.33. The van der Waals surface area contributed by atoms with Gasteiger partial charge in [-0.25, -0.2) is 0 Å². The molecule has 208 valence electrons. The molecule has 1 aliphatic carbocycles. The first kappa shape index (κ1) is 27.0. The summed E-state index contributed by atoms with van der Waals surface area (Å²) in [5.74, 6) is 1.00. The van der Waals surface area contributed by atoms with E-state index in [1.54, 1.807) is 17.3 Å². The minimum Gasteiger partial charge on any atom is -0.423 e. The summed E-state index contributed by atoms with van der Waals surface area (Å²) in [7, 11) is 4.09. The number of pyridine rings is 1. The number of hydrogen-bond acceptors (Lipinski definition) is 8. The minimum absolute atomic E-state index is 0.0224. The van der Waals surface area contributed by atoms with Crippen LogP contribution in [0.4, 0.5) is 17.4 Å². The van der Waals surface area contributed by atoms with Gasteiger partial charge in [0.2, 0.25) is 5.91 Å². The molecule has 2 aromatic heterocycles. The average molecular weight is 534 g/mol.